The zero-order valence-electron chi connectivity index (χ0n) is 18.4. The molecule has 0 radical (unpaired) electrons. The summed E-state index contributed by atoms with van der Waals surface area (Å²) in [5.41, 5.74) is -0.470. The molecule has 0 bridgehead atoms. The van der Waals surface area contributed by atoms with Crippen molar-refractivity contribution in [1.29, 1.82) is 0 Å². The number of aromatic nitrogens is 4. The summed E-state index contributed by atoms with van der Waals surface area (Å²) in [5.74, 6) is 0.749. The van der Waals surface area contributed by atoms with Gasteiger partial charge in [-0.25, -0.2) is 9.97 Å². The third-order valence-corrected chi connectivity index (χ3v) is 5.70. The standard InChI is InChI=1S/C22H20ClF3N6OS.H2S/c1-12(30-21(33)14-7-15(22(24,25)26)9-16(23)8-14)20-28-11-29-32(20)18-5-4-17(10-27-18)31-19(34)6-13-2-3-13;/h4-5,7-13H,2-3,6H2,1H3,(H,30,33)(H,31,34);1H2/t12-;/m0./s1. The Kier molecular flexibility index (Phi) is 8.39. The predicted octanol–water partition coefficient (Wildman–Crippen LogP) is 5.48. The normalized spacial score (nSPS) is 14.1. The van der Waals surface area contributed by atoms with Crippen LogP contribution in [0.4, 0.5) is 18.9 Å². The number of hydrogen-bond acceptors (Lipinski definition) is 5. The molecule has 1 atom stereocenters. The molecule has 1 aliphatic rings. The molecule has 0 saturated heterocycles. The minimum absolute atomic E-state index is 0. The maximum Gasteiger partial charge on any atom is 0.416 e. The molecule has 7 nitrogen and oxygen atoms in total. The summed E-state index contributed by atoms with van der Waals surface area (Å²) in [6.45, 7) is 1.64. The second-order valence-corrected chi connectivity index (χ2v) is 8.98. The average molecular weight is 543 g/mol. The highest BCUT2D eigenvalue weighted by Gasteiger charge is 2.32. The molecule has 2 heterocycles. The first-order chi connectivity index (χ1) is 16.1. The number of thiocarbonyl (C=S) groups is 1. The van der Waals surface area contributed by atoms with E-state index in [1.54, 1.807) is 25.3 Å². The molecule has 1 aliphatic carbocycles. The van der Waals surface area contributed by atoms with E-state index in [-0.39, 0.29) is 24.1 Å². The van der Waals surface area contributed by atoms with Gasteiger partial charge in [0.05, 0.1) is 28.5 Å². The largest absolute Gasteiger partial charge is 0.416 e. The van der Waals surface area contributed by atoms with Gasteiger partial charge in [-0.15, -0.1) is 0 Å². The molecule has 3 aromatic rings. The van der Waals surface area contributed by atoms with Gasteiger partial charge in [-0.1, -0.05) is 23.8 Å². The Morgan fingerprint density at radius 2 is 2.00 bits per heavy atom. The van der Waals surface area contributed by atoms with Gasteiger partial charge in [0.15, 0.2) is 11.6 Å². The first-order valence-corrected chi connectivity index (χ1v) is 11.2. The highest BCUT2D eigenvalue weighted by atomic mass is 35.5. The molecule has 0 unspecified atom stereocenters. The van der Waals surface area contributed by atoms with Crippen LogP contribution in [0.3, 0.4) is 0 Å². The lowest BCUT2D eigenvalue weighted by molar-refractivity contribution is -0.137. The van der Waals surface area contributed by atoms with Gasteiger partial charge in [0, 0.05) is 17.0 Å². The molecule has 0 spiro atoms. The summed E-state index contributed by atoms with van der Waals surface area (Å²) in [7, 11) is 0. The molecule has 1 amide bonds. The first kappa shape index (κ1) is 26.9. The minimum Gasteiger partial charge on any atom is -0.349 e. The average Bonchev–Trinajstić information content (AvgIpc) is 3.44. The van der Waals surface area contributed by atoms with Gasteiger partial charge >= 0.3 is 6.18 Å². The summed E-state index contributed by atoms with van der Waals surface area (Å²) >= 11 is 11.1. The fourth-order valence-corrected chi connectivity index (χ4v) is 3.92. The topological polar surface area (TPSA) is 84.7 Å². The number of hydrogen-bond donors (Lipinski definition) is 2. The zero-order valence-corrected chi connectivity index (χ0v) is 21.0. The fraction of sp³-hybridized carbons (Fsp3) is 0.318. The predicted molar refractivity (Wildman–Crippen MR) is 135 cm³/mol. The maximum absolute atomic E-state index is 13.1. The number of carbonyl (C=O) groups excluding carboxylic acids is 1. The second-order valence-electron chi connectivity index (χ2n) is 8.05. The van der Waals surface area contributed by atoms with Crippen LogP contribution in [0.15, 0.2) is 42.9 Å². The molecule has 0 aliphatic heterocycles. The van der Waals surface area contributed by atoms with Gasteiger partial charge in [0.2, 0.25) is 0 Å². The lowest BCUT2D eigenvalue weighted by atomic mass is 10.1. The molecular weight excluding hydrogens is 521 g/mol. The van der Waals surface area contributed by atoms with Gasteiger partial charge in [-0.05, 0) is 56.0 Å². The number of rotatable bonds is 7. The molecule has 35 heavy (non-hydrogen) atoms. The van der Waals surface area contributed by atoms with Crippen LogP contribution in [-0.2, 0) is 6.18 Å². The van der Waals surface area contributed by atoms with Crippen molar-refractivity contribution < 1.29 is 18.0 Å². The minimum atomic E-state index is -4.62. The van der Waals surface area contributed by atoms with Crippen molar-refractivity contribution in [1.82, 2.24) is 25.1 Å². The van der Waals surface area contributed by atoms with E-state index in [1.807, 2.05) is 0 Å². The number of alkyl halides is 3. The highest BCUT2D eigenvalue weighted by Crippen LogP contribution is 2.33. The third kappa shape index (κ3) is 6.92. The van der Waals surface area contributed by atoms with E-state index < -0.39 is 23.7 Å². The van der Waals surface area contributed by atoms with E-state index in [1.165, 1.54) is 29.9 Å². The van der Waals surface area contributed by atoms with Crippen molar-refractivity contribution in [2.24, 2.45) is 5.92 Å². The first-order valence-electron chi connectivity index (χ1n) is 10.4. The van der Waals surface area contributed by atoms with Crippen molar-refractivity contribution in [2.45, 2.75) is 38.4 Å². The molecule has 13 heteroatoms. The highest BCUT2D eigenvalue weighted by molar-refractivity contribution is 7.80. The van der Waals surface area contributed by atoms with Crippen molar-refractivity contribution in [3.63, 3.8) is 0 Å². The van der Waals surface area contributed by atoms with Gasteiger partial charge < -0.3 is 10.6 Å². The quantitative estimate of drug-likeness (QED) is 0.385. The Morgan fingerprint density at radius 1 is 1.26 bits per heavy atom. The van der Waals surface area contributed by atoms with Crippen LogP contribution in [-0.4, -0.2) is 30.6 Å². The fourth-order valence-electron chi connectivity index (χ4n) is 3.33. The van der Waals surface area contributed by atoms with Crippen LogP contribution in [0.5, 0.6) is 0 Å². The molecule has 2 aromatic heterocycles. The monoisotopic (exact) mass is 542 g/mol. The third-order valence-electron chi connectivity index (χ3n) is 5.22. The molecule has 4 rings (SSSR count). The van der Waals surface area contributed by atoms with Gasteiger partial charge in [-0.3, -0.25) is 4.79 Å². The Labute approximate surface area is 216 Å². The van der Waals surface area contributed by atoms with Crippen molar-refractivity contribution >= 4 is 53.9 Å². The number of benzene rings is 1. The number of carbonyl (C=O) groups is 1. The van der Waals surface area contributed by atoms with Gasteiger partial charge in [0.25, 0.3) is 5.91 Å². The Balaban J connectivity index is 0.00000342. The summed E-state index contributed by atoms with van der Waals surface area (Å²) in [6, 6.07) is 5.53. The van der Waals surface area contributed by atoms with Crippen molar-refractivity contribution in [3.05, 3.63) is 64.8 Å². The maximum atomic E-state index is 13.1. The number of nitrogens with one attached hydrogen (secondary N) is 2. The van der Waals surface area contributed by atoms with Crippen molar-refractivity contribution in [2.75, 3.05) is 5.32 Å². The van der Waals surface area contributed by atoms with E-state index in [2.05, 4.69) is 25.7 Å². The van der Waals surface area contributed by atoms with Gasteiger partial charge in [0.1, 0.15) is 6.33 Å². The Hall–Kier alpha value is -2.70. The summed E-state index contributed by atoms with van der Waals surface area (Å²) in [4.78, 5) is 22.0. The van der Waals surface area contributed by atoms with E-state index in [0.717, 1.165) is 29.2 Å². The van der Waals surface area contributed by atoms with Crippen LogP contribution >= 0.6 is 37.3 Å². The van der Waals surface area contributed by atoms with Crippen molar-refractivity contribution in [3.8, 4) is 5.82 Å². The number of halogens is 4. The molecule has 1 saturated carbocycles. The zero-order chi connectivity index (χ0) is 24.5. The van der Waals surface area contributed by atoms with E-state index in [0.29, 0.717) is 17.6 Å². The number of anilines is 1. The van der Waals surface area contributed by atoms with Gasteiger partial charge in [-0.2, -0.15) is 36.4 Å². The lowest BCUT2D eigenvalue weighted by Crippen LogP contribution is -2.29. The number of pyridine rings is 1. The molecular formula is C22H22ClF3N6OS2. The number of amides is 1. The van der Waals surface area contributed by atoms with Crippen LogP contribution in [0.25, 0.3) is 5.82 Å². The van der Waals surface area contributed by atoms with Crippen LogP contribution in [0.2, 0.25) is 5.02 Å². The van der Waals surface area contributed by atoms with E-state index >= 15 is 0 Å². The number of nitrogens with zero attached hydrogens (tertiary/aromatic N) is 4. The molecule has 2 N–H and O–H groups in total. The second kappa shape index (κ2) is 10.9. The summed E-state index contributed by atoms with van der Waals surface area (Å²) < 4.78 is 40.6. The van der Waals surface area contributed by atoms with E-state index in [9.17, 15) is 18.0 Å². The molecule has 1 fully saturated rings. The van der Waals surface area contributed by atoms with E-state index in [4.69, 9.17) is 23.8 Å². The Morgan fingerprint density at radius 3 is 2.63 bits per heavy atom. The lowest BCUT2D eigenvalue weighted by Gasteiger charge is -2.16. The summed E-state index contributed by atoms with van der Waals surface area (Å²) in [6.07, 6.45) is 1.58. The van der Waals surface area contributed by atoms with Crippen LogP contribution in [0, 0.1) is 5.92 Å². The van der Waals surface area contributed by atoms with Crippen LogP contribution < -0.4 is 10.6 Å². The molecule has 186 valence electrons. The van der Waals surface area contributed by atoms with Crippen LogP contribution in [0.1, 0.15) is 54.0 Å². The SMILES string of the molecule is C[C@H](NC(=O)c1cc(Cl)cc(C(F)(F)F)c1)c1ncnn1-c1ccc(NC(=S)CC2CC2)cn1.S. The smallest absolute Gasteiger partial charge is 0.349 e. The Bertz CT molecular complexity index is 1210. The molecule has 1 aromatic carbocycles. The summed E-state index contributed by atoms with van der Waals surface area (Å²) in [5, 5.41) is 9.77.